The van der Waals surface area contributed by atoms with Crippen LogP contribution in [0.1, 0.15) is 34.1 Å². The molecular formula is C16H27FN3O8P. The molecular weight excluding hydrogens is 412 g/mol. The summed E-state index contributed by atoms with van der Waals surface area (Å²) in [6.45, 7) is 3.56. The third-order valence-electron chi connectivity index (χ3n) is 3.97. The van der Waals surface area contributed by atoms with Gasteiger partial charge in [0.2, 0.25) is 25.1 Å². The first-order valence-corrected chi connectivity index (χ1v) is 10.6. The van der Waals surface area contributed by atoms with E-state index in [9.17, 15) is 37.8 Å². The Morgan fingerprint density at radius 3 is 1.97 bits per heavy atom. The number of carboxylic acid groups (broad SMARTS) is 1. The van der Waals surface area contributed by atoms with Gasteiger partial charge in [0.05, 0.1) is 12.5 Å². The number of carbonyl (C=O) groups excluding carboxylic acids is 4. The molecule has 29 heavy (non-hydrogen) atoms. The summed E-state index contributed by atoms with van der Waals surface area (Å²) in [5, 5.41) is 15.1. The molecule has 0 bridgehead atoms. The van der Waals surface area contributed by atoms with E-state index in [0.29, 0.717) is 0 Å². The summed E-state index contributed by atoms with van der Waals surface area (Å²) >= 11 is 0. The maximum absolute atomic E-state index is 13.4. The number of hydrogen-bond acceptors (Lipinski definition) is 6. The summed E-state index contributed by atoms with van der Waals surface area (Å²) in [5.41, 5.74) is 0. The molecule has 0 saturated carbocycles. The molecule has 0 aliphatic heterocycles. The van der Waals surface area contributed by atoms with Crippen LogP contribution >= 0.6 is 7.37 Å². The third kappa shape index (κ3) is 9.62. The SMILES string of the molecule is CC(=O)NC(CC(=O)O)C(=O)NC(CF)P(=O)(O)CC(C)C(=O)NC(C)C(C)=O. The standard InChI is InChI=1S/C16H27FN3O8P/c1-8(15(25)18-9(2)10(3)21)7-29(27,28)13(6-17)20-16(26)12(5-14(23)24)19-11(4)22/h8-9,12-13H,5-7H2,1-4H3,(H,18,25)(H,19,22)(H,20,26)(H,23,24)(H,27,28). The second kappa shape index (κ2) is 11.6. The lowest BCUT2D eigenvalue weighted by Crippen LogP contribution is -2.51. The van der Waals surface area contributed by atoms with E-state index in [2.05, 4.69) is 10.6 Å². The van der Waals surface area contributed by atoms with E-state index in [-0.39, 0.29) is 5.78 Å². The number of ketones is 1. The van der Waals surface area contributed by atoms with Crippen molar-refractivity contribution in [3.8, 4) is 0 Å². The molecule has 0 spiro atoms. The first-order chi connectivity index (χ1) is 13.2. The van der Waals surface area contributed by atoms with Crippen LogP contribution in [0.5, 0.6) is 0 Å². The predicted molar refractivity (Wildman–Crippen MR) is 99.9 cm³/mol. The van der Waals surface area contributed by atoms with Gasteiger partial charge in [-0.2, -0.15) is 0 Å². The molecule has 0 radical (unpaired) electrons. The van der Waals surface area contributed by atoms with Crippen LogP contribution < -0.4 is 16.0 Å². The number of carbonyl (C=O) groups is 5. The Morgan fingerprint density at radius 1 is 1.00 bits per heavy atom. The maximum atomic E-state index is 13.4. The highest BCUT2D eigenvalue weighted by molar-refractivity contribution is 7.58. The predicted octanol–water partition coefficient (Wildman–Crippen LogP) is -0.622. The normalized spacial score (nSPS) is 17.0. The Bertz CT molecular complexity index is 686. The van der Waals surface area contributed by atoms with Crippen molar-refractivity contribution in [3.63, 3.8) is 0 Å². The summed E-state index contributed by atoms with van der Waals surface area (Å²) in [6.07, 6.45) is -1.51. The summed E-state index contributed by atoms with van der Waals surface area (Å²) in [6, 6.07) is -2.38. The van der Waals surface area contributed by atoms with Gasteiger partial charge in [-0.1, -0.05) is 6.92 Å². The van der Waals surface area contributed by atoms with Gasteiger partial charge in [-0.3, -0.25) is 28.5 Å². The van der Waals surface area contributed by atoms with Crippen molar-refractivity contribution in [2.24, 2.45) is 5.92 Å². The minimum absolute atomic E-state index is 0.325. The molecule has 0 aliphatic carbocycles. The van der Waals surface area contributed by atoms with E-state index in [1.807, 2.05) is 5.32 Å². The van der Waals surface area contributed by atoms with E-state index in [1.54, 1.807) is 0 Å². The first kappa shape index (κ1) is 26.7. The number of carboxylic acids is 1. The molecule has 0 rings (SSSR count). The van der Waals surface area contributed by atoms with Crippen LogP contribution in [0, 0.1) is 5.92 Å². The van der Waals surface area contributed by atoms with Crippen molar-refractivity contribution in [2.45, 2.75) is 52.0 Å². The van der Waals surface area contributed by atoms with E-state index in [0.717, 1.165) is 6.92 Å². The fourth-order valence-corrected chi connectivity index (χ4v) is 3.95. The Labute approximate surface area is 167 Å². The highest BCUT2D eigenvalue weighted by Gasteiger charge is 2.37. The summed E-state index contributed by atoms with van der Waals surface area (Å²) in [5.74, 6) is -7.30. The van der Waals surface area contributed by atoms with Gasteiger partial charge in [-0.05, 0) is 13.8 Å². The van der Waals surface area contributed by atoms with Crippen LogP contribution in [0.15, 0.2) is 0 Å². The largest absolute Gasteiger partial charge is 0.481 e. The lowest BCUT2D eigenvalue weighted by molar-refractivity contribution is -0.140. The Hall–Kier alpha value is -2.33. The zero-order valence-corrected chi connectivity index (χ0v) is 17.5. The maximum Gasteiger partial charge on any atom is 0.305 e. The molecule has 5 atom stereocenters. The van der Waals surface area contributed by atoms with Crippen LogP contribution in [0.4, 0.5) is 4.39 Å². The first-order valence-electron chi connectivity index (χ1n) is 8.68. The topological polar surface area (TPSA) is 179 Å². The van der Waals surface area contributed by atoms with Crippen LogP contribution in [0.2, 0.25) is 0 Å². The molecule has 0 aromatic heterocycles. The number of Topliss-reactive ketones (excluding diaryl/α,β-unsaturated/α-hetero) is 1. The molecule has 0 aromatic rings. The van der Waals surface area contributed by atoms with Gasteiger partial charge >= 0.3 is 5.97 Å². The number of rotatable bonds is 12. The number of aliphatic carboxylic acids is 1. The molecule has 166 valence electrons. The highest BCUT2D eigenvalue weighted by Crippen LogP contribution is 2.47. The molecule has 5 unspecified atom stereocenters. The highest BCUT2D eigenvalue weighted by atomic mass is 31.2. The van der Waals surface area contributed by atoms with E-state index in [1.165, 1.54) is 20.8 Å². The Kier molecular flexibility index (Phi) is 10.7. The molecule has 5 N–H and O–H groups in total. The molecule has 13 heteroatoms. The van der Waals surface area contributed by atoms with Crippen molar-refractivity contribution in [2.75, 3.05) is 12.8 Å². The monoisotopic (exact) mass is 439 g/mol. The molecule has 0 aliphatic rings. The van der Waals surface area contributed by atoms with Crippen molar-refractivity contribution < 1.29 is 42.9 Å². The lowest BCUT2D eigenvalue weighted by atomic mass is 10.1. The van der Waals surface area contributed by atoms with Crippen molar-refractivity contribution >= 4 is 36.8 Å². The minimum Gasteiger partial charge on any atom is -0.481 e. The number of halogens is 1. The van der Waals surface area contributed by atoms with Crippen LogP contribution in [-0.2, 0) is 28.5 Å². The third-order valence-corrected chi connectivity index (χ3v) is 6.28. The van der Waals surface area contributed by atoms with Gasteiger partial charge in [0.15, 0.2) is 5.78 Å². The van der Waals surface area contributed by atoms with Crippen LogP contribution in [0.3, 0.4) is 0 Å². The summed E-state index contributed by atoms with van der Waals surface area (Å²) in [7, 11) is -4.45. The van der Waals surface area contributed by atoms with Crippen molar-refractivity contribution in [1.82, 2.24) is 16.0 Å². The molecule has 0 fully saturated rings. The minimum atomic E-state index is -4.45. The van der Waals surface area contributed by atoms with Gasteiger partial charge in [0, 0.05) is 19.0 Å². The van der Waals surface area contributed by atoms with Crippen LogP contribution in [0.25, 0.3) is 0 Å². The molecule has 0 saturated heterocycles. The molecule has 3 amide bonds. The molecule has 0 aromatic carbocycles. The summed E-state index contributed by atoms with van der Waals surface area (Å²) < 4.78 is 25.9. The number of amides is 3. The van der Waals surface area contributed by atoms with Gasteiger partial charge in [0.1, 0.15) is 18.5 Å². The second-order valence-electron chi connectivity index (χ2n) is 6.71. The van der Waals surface area contributed by atoms with E-state index < -0.39 is 74.1 Å². The summed E-state index contributed by atoms with van der Waals surface area (Å²) in [4.78, 5) is 67.5. The van der Waals surface area contributed by atoms with E-state index >= 15 is 0 Å². The van der Waals surface area contributed by atoms with Crippen molar-refractivity contribution in [3.05, 3.63) is 0 Å². The number of alkyl halides is 1. The van der Waals surface area contributed by atoms with Crippen molar-refractivity contribution in [1.29, 1.82) is 0 Å². The fraction of sp³-hybridized carbons (Fsp3) is 0.688. The average Bonchev–Trinajstić information content (AvgIpc) is 2.56. The zero-order valence-electron chi connectivity index (χ0n) is 16.6. The molecule has 0 heterocycles. The Balaban J connectivity index is 5.20. The molecule has 11 nitrogen and oxygen atoms in total. The quantitative estimate of drug-likeness (QED) is 0.250. The van der Waals surface area contributed by atoms with E-state index in [4.69, 9.17) is 5.11 Å². The zero-order chi connectivity index (χ0) is 22.9. The van der Waals surface area contributed by atoms with Crippen LogP contribution in [-0.4, -0.2) is 70.2 Å². The second-order valence-corrected chi connectivity index (χ2v) is 9.21. The van der Waals surface area contributed by atoms with Gasteiger partial charge in [-0.25, -0.2) is 4.39 Å². The number of nitrogens with one attached hydrogen (secondary N) is 3. The average molecular weight is 439 g/mol. The Morgan fingerprint density at radius 2 is 1.55 bits per heavy atom. The number of hydrogen-bond donors (Lipinski definition) is 5. The van der Waals surface area contributed by atoms with Gasteiger partial charge < -0.3 is 26.0 Å². The lowest BCUT2D eigenvalue weighted by Gasteiger charge is -2.26. The fourth-order valence-electron chi connectivity index (χ4n) is 2.20. The van der Waals surface area contributed by atoms with Gasteiger partial charge in [-0.15, -0.1) is 0 Å². The van der Waals surface area contributed by atoms with Gasteiger partial charge in [0.25, 0.3) is 0 Å². The smallest absolute Gasteiger partial charge is 0.305 e.